The molecule has 1 aliphatic heterocycles. The number of carbonyl (C=O) groups excluding carboxylic acids is 2. The van der Waals surface area contributed by atoms with Crippen molar-refractivity contribution >= 4 is 11.8 Å². The lowest BCUT2D eigenvalue weighted by atomic mass is 9.99. The van der Waals surface area contributed by atoms with Crippen molar-refractivity contribution in [2.24, 2.45) is 11.7 Å². The Morgan fingerprint density at radius 3 is 2.85 bits per heavy atom. The third kappa shape index (κ3) is 3.42. The lowest BCUT2D eigenvalue weighted by Gasteiger charge is -2.21. The number of primary amides is 1. The highest BCUT2D eigenvalue weighted by molar-refractivity contribution is 5.85. The second kappa shape index (κ2) is 4.81. The van der Waals surface area contributed by atoms with Crippen LogP contribution in [0, 0.1) is 5.92 Å². The van der Waals surface area contributed by atoms with Gasteiger partial charge in [0.1, 0.15) is 0 Å². The highest BCUT2D eigenvalue weighted by Gasteiger charge is 2.20. The molecular formula is C8H15N3O2. The maximum Gasteiger partial charge on any atom is 0.236 e. The lowest BCUT2D eigenvalue weighted by molar-refractivity contribution is -0.128. The maximum absolute atomic E-state index is 11.3. The van der Waals surface area contributed by atoms with Gasteiger partial charge in [0.05, 0.1) is 12.5 Å². The van der Waals surface area contributed by atoms with Crippen molar-refractivity contribution in [3.63, 3.8) is 0 Å². The fourth-order valence-corrected chi connectivity index (χ4v) is 1.39. The summed E-state index contributed by atoms with van der Waals surface area (Å²) in [4.78, 5) is 21.7. The average Bonchev–Trinajstić information content (AvgIpc) is 2.15. The summed E-state index contributed by atoms with van der Waals surface area (Å²) in [7, 11) is 0. The molecule has 1 atom stereocenters. The predicted octanol–water partition coefficient (Wildman–Crippen LogP) is -1.41. The van der Waals surface area contributed by atoms with Gasteiger partial charge in [-0.15, -0.1) is 0 Å². The van der Waals surface area contributed by atoms with Gasteiger partial charge in [0.15, 0.2) is 0 Å². The van der Waals surface area contributed by atoms with E-state index in [-0.39, 0.29) is 18.4 Å². The molecule has 74 valence electrons. The first-order valence-corrected chi connectivity index (χ1v) is 4.47. The van der Waals surface area contributed by atoms with E-state index in [1.165, 1.54) is 0 Å². The van der Waals surface area contributed by atoms with Gasteiger partial charge in [0.2, 0.25) is 11.8 Å². The second-order valence-corrected chi connectivity index (χ2v) is 3.23. The van der Waals surface area contributed by atoms with E-state index >= 15 is 0 Å². The molecule has 0 aromatic carbocycles. The molecule has 0 aliphatic carbocycles. The molecule has 4 N–H and O–H groups in total. The van der Waals surface area contributed by atoms with Crippen molar-refractivity contribution in [3.8, 4) is 0 Å². The molecule has 0 aromatic heterocycles. The SMILES string of the molecule is NC(=O)CNC(=O)C1CCCNC1. The summed E-state index contributed by atoms with van der Waals surface area (Å²) < 4.78 is 0. The molecule has 1 fully saturated rings. The number of nitrogens with one attached hydrogen (secondary N) is 2. The average molecular weight is 185 g/mol. The molecule has 1 saturated heterocycles. The first-order chi connectivity index (χ1) is 6.20. The summed E-state index contributed by atoms with van der Waals surface area (Å²) in [6, 6.07) is 0. The van der Waals surface area contributed by atoms with Gasteiger partial charge in [0, 0.05) is 6.54 Å². The number of amides is 2. The summed E-state index contributed by atoms with van der Waals surface area (Å²) in [6.07, 6.45) is 1.90. The summed E-state index contributed by atoms with van der Waals surface area (Å²) in [5.74, 6) is -0.587. The fourth-order valence-electron chi connectivity index (χ4n) is 1.39. The van der Waals surface area contributed by atoms with Crippen LogP contribution in [0.1, 0.15) is 12.8 Å². The highest BCUT2D eigenvalue weighted by atomic mass is 16.2. The fraction of sp³-hybridized carbons (Fsp3) is 0.750. The Labute approximate surface area is 77.1 Å². The van der Waals surface area contributed by atoms with E-state index in [1.807, 2.05) is 0 Å². The summed E-state index contributed by atoms with van der Waals surface area (Å²) >= 11 is 0. The van der Waals surface area contributed by atoms with Crippen molar-refractivity contribution in [3.05, 3.63) is 0 Å². The van der Waals surface area contributed by atoms with Gasteiger partial charge in [-0.05, 0) is 19.4 Å². The van der Waals surface area contributed by atoms with Crippen molar-refractivity contribution in [1.29, 1.82) is 0 Å². The number of piperidine rings is 1. The van der Waals surface area contributed by atoms with Crippen LogP contribution < -0.4 is 16.4 Å². The number of carbonyl (C=O) groups is 2. The molecule has 0 spiro atoms. The zero-order valence-electron chi connectivity index (χ0n) is 7.51. The third-order valence-corrected chi connectivity index (χ3v) is 2.10. The molecule has 2 amide bonds. The Morgan fingerprint density at radius 2 is 2.31 bits per heavy atom. The Kier molecular flexibility index (Phi) is 3.70. The van der Waals surface area contributed by atoms with Crippen LogP contribution in [0.4, 0.5) is 0 Å². The Balaban J connectivity index is 2.25. The lowest BCUT2D eigenvalue weighted by Crippen LogP contribution is -2.43. The van der Waals surface area contributed by atoms with Gasteiger partial charge in [-0.3, -0.25) is 9.59 Å². The summed E-state index contributed by atoms with van der Waals surface area (Å²) in [5, 5.41) is 5.62. The second-order valence-electron chi connectivity index (χ2n) is 3.23. The molecule has 1 unspecified atom stereocenters. The first-order valence-electron chi connectivity index (χ1n) is 4.47. The molecule has 13 heavy (non-hydrogen) atoms. The van der Waals surface area contributed by atoms with Crippen LogP contribution in [0.25, 0.3) is 0 Å². The molecule has 1 rings (SSSR count). The van der Waals surface area contributed by atoms with E-state index in [2.05, 4.69) is 10.6 Å². The number of hydrogen-bond donors (Lipinski definition) is 3. The van der Waals surface area contributed by atoms with E-state index in [0.29, 0.717) is 6.54 Å². The van der Waals surface area contributed by atoms with Gasteiger partial charge in [-0.1, -0.05) is 0 Å². The van der Waals surface area contributed by atoms with Gasteiger partial charge in [-0.25, -0.2) is 0 Å². The molecular weight excluding hydrogens is 170 g/mol. The van der Waals surface area contributed by atoms with Crippen molar-refractivity contribution < 1.29 is 9.59 Å². The largest absolute Gasteiger partial charge is 0.368 e. The van der Waals surface area contributed by atoms with Gasteiger partial charge in [0.25, 0.3) is 0 Å². The molecule has 1 aliphatic rings. The maximum atomic E-state index is 11.3. The zero-order valence-corrected chi connectivity index (χ0v) is 7.51. The number of rotatable bonds is 3. The molecule has 0 aromatic rings. The number of hydrogen-bond acceptors (Lipinski definition) is 3. The van der Waals surface area contributed by atoms with E-state index in [9.17, 15) is 9.59 Å². The summed E-state index contributed by atoms with van der Waals surface area (Å²) in [5.41, 5.74) is 4.90. The minimum absolute atomic E-state index is 0.00639. The van der Waals surface area contributed by atoms with Crippen LogP contribution in [-0.4, -0.2) is 31.4 Å². The molecule has 1 heterocycles. The number of nitrogens with two attached hydrogens (primary N) is 1. The van der Waals surface area contributed by atoms with Crippen LogP contribution in [0.5, 0.6) is 0 Å². The van der Waals surface area contributed by atoms with E-state index in [0.717, 1.165) is 19.4 Å². The van der Waals surface area contributed by atoms with Gasteiger partial charge in [-0.2, -0.15) is 0 Å². The molecule has 5 heteroatoms. The van der Waals surface area contributed by atoms with Crippen LogP contribution in [0.3, 0.4) is 0 Å². The van der Waals surface area contributed by atoms with Crippen LogP contribution in [-0.2, 0) is 9.59 Å². The third-order valence-electron chi connectivity index (χ3n) is 2.10. The Morgan fingerprint density at radius 1 is 1.54 bits per heavy atom. The quantitative estimate of drug-likeness (QED) is 0.505. The monoisotopic (exact) mass is 185 g/mol. The standard InChI is InChI=1S/C8H15N3O2/c9-7(12)5-11-8(13)6-2-1-3-10-4-6/h6,10H,1-5H2,(H2,9,12)(H,11,13). The topological polar surface area (TPSA) is 84.2 Å². The van der Waals surface area contributed by atoms with E-state index in [1.54, 1.807) is 0 Å². The zero-order chi connectivity index (χ0) is 9.68. The molecule has 0 radical (unpaired) electrons. The first kappa shape index (κ1) is 9.98. The van der Waals surface area contributed by atoms with Crippen LogP contribution >= 0.6 is 0 Å². The van der Waals surface area contributed by atoms with Crippen molar-refractivity contribution in [1.82, 2.24) is 10.6 Å². The van der Waals surface area contributed by atoms with Crippen LogP contribution in [0.15, 0.2) is 0 Å². The normalized spacial score (nSPS) is 22.3. The highest BCUT2D eigenvalue weighted by Crippen LogP contribution is 2.09. The van der Waals surface area contributed by atoms with E-state index in [4.69, 9.17) is 5.73 Å². The Hall–Kier alpha value is -1.10. The smallest absolute Gasteiger partial charge is 0.236 e. The predicted molar refractivity (Wildman–Crippen MR) is 47.8 cm³/mol. The van der Waals surface area contributed by atoms with Gasteiger partial charge >= 0.3 is 0 Å². The van der Waals surface area contributed by atoms with Gasteiger partial charge < -0.3 is 16.4 Å². The molecule has 0 bridgehead atoms. The Bertz CT molecular complexity index is 200. The van der Waals surface area contributed by atoms with E-state index < -0.39 is 5.91 Å². The summed E-state index contributed by atoms with van der Waals surface area (Å²) in [6.45, 7) is 1.61. The minimum atomic E-state index is -0.503. The molecule has 0 saturated carbocycles. The molecule has 5 nitrogen and oxygen atoms in total. The van der Waals surface area contributed by atoms with Crippen molar-refractivity contribution in [2.75, 3.05) is 19.6 Å². The van der Waals surface area contributed by atoms with Crippen molar-refractivity contribution in [2.45, 2.75) is 12.8 Å². The van der Waals surface area contributed by atoms with Crippen LogP contribution in [0.2, 0.25) is 0 Å². The minimum Gasteiger partial charge on any atom is -0.368 e.